The third kappa shape index (κ3) is 4.06. The molecule has 1 saturated heterocycles. The number of rotatable bonds is 5. The summed E-state index contributed by atoms with van der Waals surface area (Å²) in [7, 11) is 0. The molecule has 1 fully saturated rings. The molecule has 0 spiro atoms. The SMILES string of the molecule is Cc1cccc(C)c1OCCN1CCC(n2c(C)nc3ccccc3c2=O)CC1. The van der Waals surface area contributed by atoms with Crippen molar-refractivity contribution in [1.29, 1.82) is 0 Å². The molecule has 0 atom stereocenters. The van der Waals surface area contributed by atoms with Crippen LogP contribution in [-0.2, 0) is 0 Å². The van der Waals surface area contributed by atoms with Gasteiger partial charge in [0.1, 0.15) is 18.2 Å². The van der Waals surface area contributed by atoms with Crippen LogP contribution in [0.15, 0.2) is 47.3 Å². The second-order valence-electron chi connectivity index (χ2n) is 7.99. The first-order valence-electron chi connectivity index (χ1n) is 10.4. The summed E-state index contributed by atoms with van der Waals surface area (Å²) in [5.41, 5.74) is 3.24. The topological polar surface area (TPSA) is 47.4 Å². The average molecular weight is 392 g/mol. The maximum atomic E-state index is 13.0. The Morgan fingerprint density at radius 2 is 1.69 bits per heavy atom. The van der Waals surface area contributed by atoms with Crippen LogP contribution in [-0.4, -0.2) is 40.7 Å². The van der Waals surface area contributed by atoms with Crippen molar-refractivity contribution in [3.05, 3.63) is 69.8 Å². The predicted octanol–water partition coefficient (Wildman–Crippen LogP) is 4.04. The van der Waals surface area contributed by atoms with Crippen LogP contribution in [0.3, 0.4) is 0 Å². The van der Waals surface area contributed by atoms with E-state index in [1.54, 1.807) is 0 Å². The molecule has 4 rings (SSSR count). The highest BCUT2D eigenvalue weighted by atomic mass is 16.5. The van der Waals surface area contributed by atoms with Crippen LogP contribution in [0.4, 0.5) is 0 Å². The van der Waals surface area contributed by atoms with Gasteiger partial charge in [-0.15, -0.1) is 0 Å². The highest BCUT2D eigenvalue weighted by Crippen LogP contribution is 2.24. The normalized spacial score (nSPS) is 15.7. The summed E-state index contributed by atoms with van der Waals surface area (Å²) in [4.78, 5) is 20.1. The van der Waals surface area contributed by atoms with Gasteiger partial charge >= 0.3 is 0 Å². The number of hydrogen-bond donors (Lipinski definition) is 0. The fraction of sp³-hybridized carbons (Fsp3) is 0.417. The highest BCUT2D eigenvalue weighted by molar-refractivity contribution is 5.77. The Morgan fingerprint density at radius 1 is 1.00 bits per heavy atom. The second kappa shape index (κ2) is 8.37. The molecule has 1 aliphatic heterocycles. The maximum absolute atomic E-state index is 13.0. The van der Waals surface area contributed by atoms with Gasteiger partial charge in [0.05, 0.1) is 10.9 Å². The molecule has 0 N–H and O–H groups in total. The third-order valence-electron chi connectivity index (χ3n) is 5.97. The van der Waals surface area contributed by atoms with Crippen LogP contribution in [0.25, 0.3) is 10.9 Å². The van der Waals surface area contributed by atoms with Gasteiger partial charge in [-0.2, -0.15) is 0 Å². The number of hydrogen-bond acceptors (Lipinski definition) is 4. The molecule has 0 radical (unpaired) electrons. The minimum absolute atomic E-state index is 0.0879. The van der Waals surface area contributed by atoms with Crippen LogP contribution in [0.5, 0.6) is 5.75 Å². The molecule has 0 unspecified atom stereocenters. The standard InChI is InChI=1S/C24H29N3O2/c1-17-7-6-8-18(2)23(17)29-16-15-26-13-11-20(12-14-26)27-19(3)25-22-10-5-4-9-21(22)24(27)28/h4-10,20H,11-16H2,1-3H3. The van der Waals surface area contributed by atoms with E-state index in [0.717, 1.165) is 49.6 Å². The molecule has 29 heavy (non-hydrogen) atoms. The van der Waals surface area contributed by atoms with Crippen LogP contribution < -0.4 is 10.3 Å². The molecule has 1 aliphatic rings. The van der Waals surface area contributed by atoms with E-state index in [4.69, 9.17) is 4.74 Å². The second-order valence-corrected chi connectivity index (χ2v) is 7.99. The molecule has 0 saturated carbocycles. The van der Waals surface area contributed by atoms with E-state index < -0.39 is 0 Å². The van der Waals surface area contributed by atoms with Crippen molar-refractivity contribution in [2.75, 3.05) is 26.2 Å². The molecule has 152 valence electrons. The van der Waals surface area contributed by atoms with E-state index in [1.165, 1.54) is 11.1 Å². The zero-order valence-electron chi connectivity index (χ0n) is 17.5. The molecule has 1 aromatic heterocycles. The van der Waals surface area contributed by atoms with Crippen molar-refractivity contribution in [1.82, 2.24) is 14.5 Å². The lowest BCUT2D eigenvalue weighted by Crippen LogP contribution is -2.40. The van der Waals surface area contributed by atoms with Gasteiger partial charge in [0.2, 0.25) is 0 Å². The van der Waals surface area contributed by atoms with Crippen molar-refractivity contribution >= 4 is 10.9 Å². The number of piperidine rings is 1. The maximum Gasteiger partial charge on any atom is 0.261 e. The minimum atomic E-state index is 0.0879. The number of benzene rings is 2. The van der Waals surface area contributed by atoms with Crippen LogP contribution in [0, 0.1) is 20.8 Å². The molecule has 0 aliphatic carbocycles. The lowest BCUT2D eigenvalue weighted by molar-refractivity contribution is 0.154. The first-order chi connectivity index (χ1) is 14.0. The van der Waals surface area contributed by atoms with Crippen molar-refractivity contribution in [2.24, 2.45) is 0 Å². The number of aryl methyl sites for hydroxylation is 3. The van der Waals surface area contributed by atoms with Gasteiger partial charge in [-0.1, -0.05) is 30.3 Å². The fourth-order valence-corrected chi connectivity index (χ4v) is 4.39. The number of fused-ring (bicyclic) bond motifs is 1. The van der Waals surface area contributed by atoms with Crippen molar-refractivity contribution in [3.8, 4) is 5.75 Å². The Hall–Kier alpha value is -2.66. The quantitative estimate of drug-likeness (QED) is 0.659. The zero-order chi connectivity index (χ0) is 20.4. The number of para-hydroxylation sites is 2. The van der Waals surface area contributed by atoms with Crippen molar-refractivity contribution < 1.29 is 4.74 Å². The van der Waals surface area contributed by atoms with E-state index in [0.29, 0.717) is 12.0 Å². The van der Waals surface area contributed by atoms with Gasteiger partial charge in [0, 0.05) is 25.7 Å². The number of nitrogens with zero attached hydrogens (tertiary/aromatic N) is 3. The molecule has 0 bridgehead atoms. The Morgan fingerprint density at radius 3 is 2.41 bits per heavy atom. The third-order valence-corrected chi connectivity index (χ3v) is 5.97. The monoisotopic (exact) mass is 391 g/mol. The van der Waals surface area contributed by atoms with Crippen molar-refractivity contribution in [2.45, 2.75) is 39.7 Å². The van der Waals surface area contributed by atoms with Gasteiger partial charge in [-0.25, -0.2) is 4.98 Å². The molecule has 2 heterocycles. The average Bonchev–Trinajstić information content (AvgIpc) is 2.71. The lowest BCUT2D eigenvalue weighted by Gasteiger charge is -2.33. The van der Waals surface area contributed by atoms with E-state index in [9.17, 15) is 4.79 Å². The van der Waals surface area contributed by atoms with Crippen LogP contribution in [0.1, 0.15) is 35.8 Å². The summed E-state index contributed by atoms with van der Waals surface area (Å²) in [5, 5.41) is 0.711. The Balaban J connectivity index is 1.38. The smallest absolute Gasteiger partial charge is 0.261 e. The summed E-state index contributed by atoms with van der Waals surface area (Å²) in [6.45, 7) is 9.66. The fourth-order valence-electron chi connectivity index (χ4n) is 4.39. The predicted molar refractivity (Wildman–Crippen MR) is 117 cm³/mol. The van der Waals surface area contributed by atoms with Gasteiger partial charge < -0.3 is 4.74 Å². The molecular weight excluding hydrogens is 362 g/mol. The first kappa shape index (κ1) is 19.6. The summed E-state index contributed by atoms with van der Waals surface area (Å²) in [5.74, 6) is 1.82. The van der Waals surface area contributed by atoms with Crippen LogP contribution >= 0.6 is 0 Å². The lowest BCUT2D eigenvalue weighted by atomic mass is 10.0. The largest absolute Gasteiger partial charge is 0.492 e. The van der Waals surface area contributed by atoms with Gasteiger partial charge in [-0.05, 0) is 56.9 Å². The van der Waals surface area contributed by atoms with Gasteiger partial charge in [-0.3, -0.25) is 14.3 Å². The zero-order valence-corrected chi connectivity index (χ0v) is 17.5. The highest BCUT2D eigenvalue weighted by Gasteiger charge is 2.23. The summed E-state index contributed by atoms with van der Waals surface area (Å²) < 4.78 is 7.97. The number of aromatic nitrogens is 2. The Kier molecular flexibility index (Phi) is 5.67. The number of ether oxygens (including phenoxy) is 1. The van der Waals surface area contributed by atoms with Gasteiger partial charge in [0.25, 0.3) is 5.56 Å². The molecule has 2 aromatic carbocycles. The molecule has 5 heteroatoms. The van der Waals surface area contributed by atoms with Gasteiger partial charge in [0.15, 0.2) is 0 Å². The first-order valence-corrected chi connectivity index (χ1v) is 10.4. The Bertz CT molecular complexity index is 1050. The molecular formula is C24H29N3O2. The van der Waals surface area contributed by atoms with Crippen LogP contribution in [0.2, 0.25) is 0 Å². The van der Waals surface area contributed by atoms with E-state index in [-0.39, 0.29) is 11.6 Å². The summed E-state index contributed by atoms with van der Waals surface area (Å²) in [6, 6.07) is 14.1. The minimum Gasteiger partial charge on any atom is -0.492 e. The molecule has 5 nitrogen and oxygen atoms in total. The van der Waals surface area contributed by atoms with Crippen molar-refractivity contribution in [3.63, 3.8) is 0 Å². The summed E-state index contributed by atoms with van der Waals surface area (Å²) in [6.07, 6.45) is 1.92. The van der Waals surface area contributed by atoms with E-state index in [1.807, 2.05) is 35.8 Å². The molecule has 0 amide bonds. The van der Waals surface area contributed by atoms with E-state index >= 15 is 0 Å². The van der Waals surface area contributed by atoms with E-state index in [2.05, 4.69) is 41.9 Å². The molecule has 3 aromatic rings. The Labute approximate surface area is 171 Å². The number of likely N-dealkylation sites (tertiary alicyclic amines) is 1. The summed E-state index contributed by atoms with van der Waals surface area (Å²) >= 11 is 0.